The Kier molecular flexibility index (Phi) is 5.83. The third kappa shape index (κ3) is 4.15. The van der Waals surface area contributed by atoms with E-state index in [0.29, 0.717) is 34.2 Å². The van der Waals surface area contributed by atoms with Gasteiger partial charge in [0.05, 0.1) is 30.2 Å². The van der Waals surface area contributed by atoms with E-state index in [2.05, 4.69) is 11.1 Å². The summed E-state index contributed by atoms with van der Waals surface area (Å²) in [4.78, 5) is 4.19. The van der Waals surface area contributed by atoms with Crippen molar-refractivity contribution in [3.63, 3.8) is 0 Å². The Morgan fingerprint density at radius 2 is 1.75 bits per heavy atom. The van der Waals surface area contributed by atoms with Crippen LogP contribution in [0.5, 0.6) is 5.75 Å². The van der Waals surface area contributed by atoms with Crippen LogP contribution in [0.15, 0.2) is 79.0 Å². The van der Waals surface area contributed by atoms with Crippen LogP contribution in [0.25, 0.3) is 10.9 Å². The molecule has 0 spiro atoms. The molecule has 1 aromatic heterocycles. The molecule has 0 fully saturated rings. The molecule has 1 unspecified atom stereocenters. The van der Waals surface area contributed by atoms with Crippen molar-refractivity contribution in [2.75, 3.05) is 7.11 Å². The first-order valence-electron chi connectivity index (χ1n) is 9.97. The predicted octanol–water partition coefficient (Wildman–Crippen LogP) is 6.51. The fourth-order valence-electron chi connectivity index (χ4n) is 3.94. The number of pyridine rings is 1. The third-order valence-electron chi connectivity index (χ3n) is 5.41. The number of hydrogen-bond acceptors (Lipinski definition) is 3. The monoisotopic (exact) mass is 432 g/mol. The standard InChI is InChI=1S/C26H19F3N2O/c1-32-20-10-5-9-18(14-20)22(15-30)24-19(13-17-7-3-2-4-8-17)16-31-25-21(24)11-6-12-23(25)26(27,28)29/h2-12,14,16,22H,13H2,1H3. The van der Waals surface area contributed by atoms with Gasteiger partial charge in [0.15, 0.2) is 0 Å². The van der Waals surface area contributed by atoms with E-state index in [9.17, 15) is 18.4 Å². The van der Waals surface area contributed by atoms with E-state index in [0.717, 1.165) is 11.6 Å². The van der Waals surface area contributed by atoms with Gasteiger partial charge in [0, 0.05) is 11.6 Å². The number of aromatic nitrogens is 1. The Bertz CT molecular complexity index is 1290. The predicted molar refractivity (Wildman–Crippen MR) is 116 cm³/mol. The highest BCUT2D eigenvalue weighted by Crippen LogP contribution is 2.39. The quantitative estimate of drug-likeness (QED) is 0.361. The Morgan fingerprint density at radius 1 is 1.00 bits per heavy atom. The minimum Gasteiger partial charge on any atom is -0.497 e. The number of alkyl halides is 3. The topological polar surface area (TPSA) is 45.9 Å². The lowest BCUT2D eigenvalue weighted by Gasteiger charge is -2.20. The Morgan fingerprint density at radius 3 is 2.44 bits per heavy atom. The van der Waals surface area contributed by atoms with Crippen molar-refractivity contribution >= 4 is 10.9 Å². The molecule has 0 saturated heterocycles. The lowest BCUT2D eigenvalue weighted by Crippen LogP contribution is -2.10. The molecule has 160 valence electrons. The Labute approximate surface area is 183 Å². The van der Waals surface area contributed by atoms with Crippen LogP contribution in [-0.2, 0) is 12.6 Å². The van der Waals surface area contributed by atoms with Gasteiger partial charge in [-0.25, -0.2) is 0 Å². The summed E-state index contributed by atoms with van der Waals surface area (Å²) in [6, 6.07) is 22.9. The van der Waals surface area contributed by atoms with Crippen LogP contribution < -0.4 is 4.74 Å². The van der Waals surface area contributed by atoms with Crippen molar-refractivity contribution < 1.29 is 17.9 Å². The zero-order valence-corrected chi connectivity index (χ0v) is 17.2. The van der Waals surface area contributed by atoms with Crippen LogP contribution >= 0.6 is 0 Å². The van der Waals surface area contributed by atoms with Crippen molar-refractivity contribution in [1.29, 1.82) is 5.26 Å². The molecule has 6 heteroatoms. The fraction of sp³-hybridized carbons (Fsp3) is 0.154. The number of benzene rings is 3. The number of nitrogens with zero attached hydrogens (tertiary/aromatic N) is 2. The van der Waals surface area contributed by atoms with E-state index in [1.54, 1.807) is 30.3 Å². The number of para-hydroxylation sites is 1. The van der Waals surface area contributed by atoms with Gasteiger partial charge in [-0.15, -0.1) is 0 Å². The van der Waals surface area contributed by atoms with Gasteiger partial charge in [0.25, 0.3) is 0 Å². The summed E-state index contributed by atoms with van der Waals surface area (Å²) in [6.07, 6.45) is -2.65. The normalized spacial score (nSPS) is 12.3. The van der Waals surface area contributed by atoms with Gasteiger partial charge in [-0.3, -0.25) is 4.98 Å². The average molecular weight is 432 g/mol. The highest BCUT2D eigenvalue weighted by molar-refractivity contribution is 5.88. The molecule has 32 heavy (non-hydrogen) atoms. The van der Waals surface area contributed by atoms with Crippen molar-refractivity contribution in [2.24, 2.45) is 0 Å². The van der Waals surface area contributed by atoms with Crippen LogP contribution in [0.3, 0.4) is 0 Å². The molecule has 1 heterocycles. The number of methoxy groups -OCH3 is 1. The van der Waals surface area contributed by atoms with E-state index >= 15 is 0 Å². The molecule has 1 atom stereocenters. The molecule has 0 aliphatic carbocycles. The van der Waals surface area contributed by atoms with E-state index in [1.807, 2.05) is 30.3 Å². The second-order valence-electron chi connectivity index (χ2n) is 7.40. The minimum atomic E-state index is -4.55. The number of fused-ring (bicyclic) bond motifs is 1. The third-order valence-corrected chi connectivity index (χ3v) is 5.41. The number of rotatable bonds is 5. The first-order valence-corrected chi connectivity index (χ1v) is 9.97. The molecular formula is C26H19F3N2O. The SMILES string of the molecule is COc1cccc(C(C#N)c2c(Cc3ccccc3)cnc3c(C(F)(F)F)cccc23)c1. The van der Waals surface area contributed by atoms with E-state index < -0.39 is 17.7 Å². The molecule has 0 N–H and O–H groups in total. The zero-order valence-electron chi connectivity index (χ0n) is 17.2. The molecular weight excluding hydrogens is 413 g/mol. The molecule has 0 amide bonds. The van der Waals surface area contributed by atoms with Gasteiger partial charge in [-0.2, -0.15) is 18.4 Å². The lowest BCUT2D eigenvalue weighted by molar-refractivity contribution is -0.136. The van der Waals surface area contributed by atoms with Crippen LogP contribution in [0, 0.1) is 11.3 Å². The molecule has 0 aliphatic heterocycles. The summed E-state index contributed by atoms with van der Waals surface area (Å²) in [5.41, 5.74) is 1.88. The van der Waals surface area contributed by atoms with Crippen LogP contribution in [0.4, 0.5) is 13.2 Å². The van der Waals surface area contributed by atoms with Gasteiger partial charge < -0.3 is 4.74 Å². The first-order chi connectivity index (χ1) is 15.4. The van der Waals surface area contributed by atoms with Gasteiger partial charge >= 0.3 is 6.18 Å². The Hall–Kier alpha value is -3.85. The van der Waals surface area contributed by atoms with Gasteiger partial charge in [0.2, 0.25) is 0 Å². The van der Waals surface area contributed by atoms with Crippen LogP contribution in [0.1, 0.15) is 33.7 Å². The van der Waals surface area contributed by atoms with Crippen molar-refractivity contribution in [2.45, 2.75) is 18.5 Å². The summed E-state index contributed by atoms with van der Waals surface area (Å²) < 4.78 is 46.3. The highest BCUT2D eigenvalue weighted by atomic mass is 19.4. The number of ether oxygens (including phenoxy) is 1. The minimum absolute atomic E-state index is 0.157. The lowest BCUT2D eigenvalue weighted by atomic mass is 9.85. The molecule has 4 aromatic rings. The first kappa shape index (κ1) is 21.4. The second kappa shape index (κ2) is 8.72. The maximum Gasteiger partial charge on any atom is 0.418 e. The molecule has 0 bridgehead atoms. The van der Waals surface area contributed by atoms with Crippen molar-refractivity contribution in [3.05, 3.63) is 107 Å². The molecule has 3 nitrogen and oxygen atoms in total. The largest absolute Gasteiger partial charge is 0.497 e. The van der Waals surface area contributed by atoms with Crippen molar-refractivity contribution in [1.82, 2.24) is 4.98 Å². The molecule has 4 rings (SSSR count). The van der Waals surface area contributed by atoms with Crippen molar-refractivity contribution in [3.8, 4) is 11.8 Å². The number of hydrogen-bond donors (Lipinski definition) is 0. The summed E-state index contributed by atoms with van der Waals surface area (Å²) in [5, 5.41) is 10.5. The molecule has 0 radical (unpaired) electrons. The Balaban J connectivity index is 1.99. The molecule has 0 saturated carbocycles. The second-order valence-corrected chi connectivity index (χ2v) is 7.40. The summed E-state index contributed by atoms with van der Waals surface area (Å²) in [5.74, 6) is -0.223. The van der Waals surface area contributed by atoms with Gasteiger partial charge in [-0.1, -0.05) is 54.6 Å². The van der Waals surface area contributed by atoms with E-state index in [4.69, 9.17) is 4.74 Å². The highest BCUT2D eigenvalue weighted by Gasteiger charge is 2.34. The number of nitriles is 1. The maximum atomic E-state index is 13.7. The maximum absolute atomic E-state index is 13.7. The van der Waals surface area contributed by atoms with E-state index in [-0.39, 0.29) is 5.52 Å². The van der Waals surface area contributed by atoms with E-state index in [1.165, 1.54) is 19.4 Å². The average Bonchev–Trinajstić information content (AvgIpc) is 2.80. The fourth-order valence-corrected chi connectivity index (χ4v) is 3.94. The summed E-state index contributed by atoms with van der Waals surface area (Å²) >= 11 is 0. The smallest absolute Gasteiger partial charge is 0.418 e. The zero-order chi connectivity index (χ0) is 22.7. The van der Waals surface area contributed by atoms with Gasteiger partial charge in [0.1, 0.15) is 5.75 Å². The molecule has 3 aromatic carbocycles. The van der Waals surface area contributed by atoms with Crippen LogP contribution in [0.2, 0.25) is 0 Å². The molecule has 0 aliphatic rings. The number of halogens is 3. The summed E-state index contributed by atoms with van der Waals surface area (Å²) in [7, 11) is 1.53. The summed E-state index contributed by atoms with van der Waals surface area (Å²) in [6.45, 7) is 0. The van der Waals surface area contributed by atoms with Gasteiger partial charge in [-0.05, 0) is 46.9 Å². The van der Waals surface area contributed by atoms with Crippen LogP contribution in [-0.4, -0.2) is 12.1 Å².